The SMILES string of the molecule is O=c1[nH]cnc(O)c1C1CCCCN1. The molecule has 0 aliphatic carbocycles. The zero-order chi connectivity index (χ0) is 9.97. The van der Waals surface area contributed by atoms with Gasteiger partial charge in [-0.15, -0.1) is 0 Å². The van der Waals surface area contributed by atoms with Crippen molar-refractivity contribution in [3.63, 3.8) is 0 Å². The summed E-state index contributed by atoms with van der Waals surface area (Å²) in [6.45, 7) is 0.887. The van der Waals surface area contributed by atoms with Gasteiger partial charge in [0.1, 0.15) is 0 Å². The fourth-order valence-corrected chi connectivity index (χ4v) is 1.81. The van der Waals surface area contributed by atoms with Crippen LogP contribution in [0.4, 0.5) is 0 Å². The average molecular weight is 195 g/mol. The van der Waals surface area contributed by atoms with Gasteiger partial charge in [0, 0.05) is 6.04 Å². The number of nitrogens with one attached hydrogen (secondary N) is 2. The van der Waals surface area contributed by atoms with Crippen LogP contribution in [0.5, 0.6) is 5.88 Å². The Morgan fingerprint density at radius 1 is 1.50 bits per heavy atom. The quantitative estimate of drug-likeness (QED) is 0.602. The molecular formula is C9H13N3O2. The van der Waals surface area contributed by atoms with E-state index in [1.54, 1.807) is 0 Å². The van der Waals surface area contributed by atoms with Crippen molar-refractivity contribution >= 4 is 0 Å². The van der Waals surface area contributed by atoms with Gasteiger partial charge < -0.3 is 15.4 Å². The molecule has 2 rings (SSSR count). The predicted molar refractivity (Wildman–Crippen MR) is 51.1 cm³/mol. The minimum atomic E-state index is -0.253. The molecule has 1 aromatic heterocycles. The Hall–Kier alpha value is -1.36. The zero-order valence-corrected chi connectivity index (χ0v) is 7.79. The third-order valence-electron chi connectivity index (χ3n) is 2.53. The molecule has 14 heavy (non-hydrogen) atoms. The highest BCUT2D eigenvalue weighted by Gasteiger charge is 2.21. The molecule has 0 aromatic carbocycles. The molecule has 5 heteroatoms. The van der Waals surface area contributed by atoms with Gasteiger partial charge in [-0.1, -0.05) is 6.42 Å². The number of hydrogen-bond acceptors (Lipinski definition) is 4. The number of piperidine rings is 1. The van der Waals surface area contributed by atoms with Crippen LogP contribution in [0.25, 0.3) is 0 Å². The van der Waals surface area contributed by atoms with Crippen molar-refractivity contribution in [3.8, 4) is 5.88 Å². The molecular weight excluding hydrogens is 182 g/mol. The Morgan fingerprint density at radius 3 is 3.00 bits per heavy atom. The van der Waals surface area contributed by atoms with Crippen LogP contribution in [0.1, 0.15) is 30.9 Å². The topological polar surface area (TPSA) is 78.0 Å². The van der Waals surface area contributed by atoms with Gasteiger partial charge in [-0.3, -0.25) is 4.79 Å². The Bertz CT molecular complexity index is 369. The van der Waals surface area contributed by atoms with Gasteiger partial charge in [-0.25, -0.2) is 4.98 Å². The molecule has 76 valence electrons. The minimum absolute atomic E-state index is 0.0544. The molecule has 3 N–H and O–H groups in total. The summed E-state index contributed by atoms with van der Waals surface area (Å²) < 4.78 is 0. The third-order valence-corrected chi connectivity index (χ3v) is 2.53. The van der Waals surface area contributed by atoms with E-state index in [1.165, 1.54) is 6.33 Å². The molecule has 1 fully saturated rings. The smallest absolute Gasteiger partial charge is 0.259 e. The van der Waals surface area contributed by atoms with Crippen LogP contribution in [0.15, 0.2) is 11.1 Å². The van der Waals surface area contributed by atoms with Gasteiger partial charge in [0.05, 0.1) is 11.9 Å². The van der Waals surface area contributed by atoms with Crippen LogP contribution in [0.2, 0.25) is 0 Å². The molecule has 5 nitrogen and oxygen atoms in total. The van der Waals surface area contributed by atoms with Gasteiger partial charge >= 0.3 is 0 Å². The summed E-state index contributed by atoms with van der Waals surface area (Å²) >= 11 is 0. The van der Waals surface area contributed by atoms with E-state index in [0.717, 1.165) is 25.8 Å². The van der Waals surface area contributed by atoms with Crippen molar-refractivity contribution in [2.75, 3.05) is 6.54 Å². The van der Waals surface area contributed by atoms with E-state index in [-0.39, 0.29) is 17.5 Å². The lowest BCUT2D eigenvalue weighted by molar-refractivity contribution is 0.379. The van der Waals surface area contributed by atoms with Crippen LogP contribution in [0, 0.1) is 0 Å². The highest BCUT2D eigenvalue weighted by molar-refractivity contribution is 5.25. The lowest BCUT2D eigenvalue weighted by atomic mass is 9.99. The Kier molecular flexibility index (Phi) is 2.49. The van der Waals surface area contributed by atoms with E-state index in [0.29, 0.717) is 5.56 Å². The number of hydrogen-bond donors (Lipinski definition) is 3. The fraction of sp³-hybridized carbons (Fsp3) is 0.556. The standard InChI is InChI=1S/C9H13N3O2/c13-8-7(9(14)12-5-11-8)6-3-1-2-4-10-6/h5-6,10H,1-4H2,(H2,11,12,13,14). The Labute approximate surface area is 81.2 Å². The molecule has 0 amide bonds. The molecule has 1 atom stereocenters. The predicted octanol–water partition coefficient (Wildman–Crippen LogP) is 0.290. The summed E-state index contributed by atoms with van der Waals surface area (Å²) in [7, 11) is 0. The number of nitrogens with zero attached hydrogens (tertiary/aromatic N) is 1. The van der Waals surface area contributed by atoms with Crippen molar-refractivity contribution in [2.45, 2.75) is 25.3 Å². The Balaban J connectivity index is 2.34. The van der Waals surface area contributed by atoms with Crippen LogP contribution in [-0.4, -0.2) is 21.6 Å². The van der Waals surface area contributed by atoms with Gasteiger partial charge in [0.2, 0.25) is 5.88 Å². The second-order valence-corrected chi connectivity index (χ2v) is 3.47. The van der Waals surface area contributed by atoms with Gasteiger partial charge in [0.15, 0.2) is 0 Å². The molecule has 1 unspecified atom stereocenters. The van der Waals surface area contributed by atoms with Crippen LogP contribution in [-0.2, 0) is 0 Å². The molecule has 0 saturated carbocycles. The van der Waals surface area contributed by atoms with E-state index < -0.39 is 0 Å². The molecule has 1 aromatic rings. The summed E-state index contributed by atoms with van der Waals surface area (Å²) in [5, 5.41) is 12.7. The van der Waals surface area contributed by atoms with Crippen molar-refractivity contribution in [1.82, 2.24) is 15.3 Å². The first kappa shape index (κ1) is 9.21. The van der Waals surface area contributed by atoms with Gasteiger partial charge in [-0.2, -0.15) is 0 Å². The normalized spacial score (nSPS) is 22.1. The van der Waals surface area contributed by atoms with E-state index in [1.807, 2.05) is 0 Å². The molecule has 0 bridgehead atoms. The number of aromatic amines is 1. The lowest BCUT2D eigenvalue weighted by Crippen LogP contribution is -2.31. The summed E-state index contributed by atoms with van der Waals surface area (Å²) in [5.74, 6) is -0.159. The van der Waals surface area contributed by atoms with E-state index in [9.17, 15) is 9.90 Å². The molecule has 2 heterocycles. The third kappa shape index (κ3) is 1.63. The second-order valence-electron chi connectivity index (χ2n) is 3.47. The van der Waals surface area contributed by atoms with Gasteiger partial charge in [0.25, 0.3) is 5.56 Å². The maximum atomic E-state index is 11.4. The monoisotopic (exact) mass is 195 g/mol. The van der Waals surface area contributed by atoms with Crippen LogP contribution < -0.4 is 10.9 Å². The van der Waals surface area contributed by atoms with Crippen LogP contribution in [0.3, 0.4) is 0 Å². The van der Waals surface area contributed by atoms with Crippen molar-refractivity contribution in [3.05, 3.63) is 22.2 Å². The number of rotatable bonds is 1. The fourth-order valence-electron chi connectivity index (χ4n) is 1.81. The largest absolute Gasteiger partial charge is 0.493 e. The van der Waals surface area contributed by atoms with E-state index >= 15 is 0 Å². The second kappa shape index (κ2) is 3.79. The highest BCUT2D eigenvalue weighted by atomic mass is 16.3. The Morgan fingerprint density at radius 2 is 2.36 bits per heavy atom. The molecule has 1 aliphatic heterocycles. The summed E-state index contributed by atoms with van der Waals surface area (Å²) in [6.07, 6.45) is 4.28. The maximum Gasteiger partial charge on any atom is 0.259 e. The molecule has 0 radical (unpaired) electrons. The van der Waals surface area contributed by atoms with Crippen molar-refractivity contribution < 1.29 is 5.11 Å². The van der Waals surface area contributed by atoms with Crippen molar-refractivity contribution in [2.24, 2.45) is 0 Å². The highest BCUT2D eigenvalue weighted by Crippen LogP contribution is 2.24. The maximum absolute atomic E-state index is 11.4. The van der Waals surface area contributed by atoms with Gasteiger partial charge in [-0.05, 0) is 19.4 Å². The summed E-state index contributed by atoms with van der Waals surface area (Å²) in [4.78, 5) is 17.6. The summed E-state index contributed by atoms with van der Waals surface area (Å²) in [5.41, 5.74) is 0.115. The number of aromatic nitrogens is 2. The minimum Gasteiger partial charge on any atom is -0.493 e. The lowest BCUT2D eigenvalue weighted by Gasteiger charge is -2.22. The first-order valence-electron chi connectivity index (χ1n) is 4.79. The number of aromatic hydroxyl groups is 1. The van der Waals surface area contributed by atoms with E-state index in [4.69, 9.17) is 0 Å². The molecule has 1 aliphatic rings. The van der Waals surface area contributed by atoms with E-state index in [2.05, 4.69) is 15.3 Å². The first-order valence-corrected chi connectivity index (χ1v) is 4.79. The average Bonchev–Trinajstić information content (AvgIpc) is 2.19. The van der Waals surface area contributed by atoms with Crippen LogP contribution >= 0.6 is 0 Å². The first-order chi connectivity index (χ1) is 6.79. The number of H-pyrrole nitrogens is 1. The summed E-state index contributed by atoms with van der Waals surface area (Å²) in [6, 6.07) is -0.0544. The zero-order valence-electron chi connectivity index (χ0n) is 7.79. The molecule has 1 saturated heterocycles. The van der Waals surface area contributed by atoms with Crippen molar-refractivity contribution in [1.29, 1.82) is 0 Å². The molecule has 0 spiro atoms.